The van der Waals surface area contributed by atoms with Crippen molar-refractivity contribution >= 4 is 5.91 Å². The summed E-state index contributed by atoms with van der Waals surface area (Å²) in [4.78, 5) is 16.2. The number of piperazine rings is 1. The molecule has 0 aliphatic carbocycles. The molecule has 2 fully saturated rings. The van der Waals surface area contributed by atoms with E-state index in [1.54, 1.807) is 0 Å². The minimum atomic E-state index is -1.45. The maximum atomic E-state index is 13.9. The standard InChI is InChI=1S/C17H23F2N3O2/c18-14-4-1-3-13(15(14)19)11-22-8-2-5-17(24,16(22)23)12-21-9-6-20-7-10-21/h1,3-4,20,24H,2,5-12H2/t17-/m0/s1. The van der Waals surface area contributed by atoms with Gasteiger partial charge in [-0.25, -0.2) is 8.78 Å². The largest absolute Gasteiger partial charge is 0.379 e. The molecule has 7 heteroatoms. The third-order valence-electron chi connectivity index (χ3n) is 4.79. The zero-order chi connectivity index (χ0) is 17.2. The second-order valence-electron chi connectivity index (χ2n) is 6.60. The zero-order valence-electron chi connectivity index (χ0n) is 13.6. The minimum absolute atomic E-state index is 0.0215. The summed E-state index contributed by atoms with van der Waals surface area (Å²) in [5.74, 6) is -2.24. The monoisotopic (exact) mass is 339 g/mol. The van der Waals surface area contributed by atoms with E-state index in [9.17, 15) is 18.7 Å². The van der Waals surface area contributed by atoms with Crippen molar-refractivity contribution in [2.24, 2.45) is 0 Å². The zero-order valence-corrected chi connectivity index (χ0v) is 13.6. The molecule has 1 aromatic carbocycles. The first kappa shape index (κ1) is 17.3. The average molecular weight is 339 g/mol. The molecule has 0 spiro atoms. The molecule has 2 saturated heterocycles. The summed E-state index contributed by atoms with van der Waals surface area (Å²) >= 11 is 0. The predicted octanol–water partition coefficient (Wildman–Crippen LogP) is 0.723. The lowest BCUT2D eigenvalue weighted by atomic mass is 9.90. The second kappa shape index (κ2) is 7.13. The molecular weight excluding hydrogens is 316 g/mol. The van der Waals surface area contributed by atoms with Crippen LogP contribution in [0.2, 0.25) is 0 Å². The van der Waals surface area contributed by atoms with Gasteiger partial charge in [0.2, 0.25) is 0 Å². The summed E-state index contributed by atoms with van der Waals surface area (Å²) in [6.07, 6.45) is 1.04. The molecule has 1 atom stereocenters. The number of aliphatic hydroxyl groups is 1. The number of piperidine rings is 1. The third kappa shape index (κ3) is 3.58. The van der Waals surface area contributed by atoms with Gasteiger partial charge in [-0.3, -0.25) is 9.69 Å². The van der Waals surface area contributed by atoms with Gasteiger partial charge < -0.3 is 15.3 Å². The summed E-state index contributed by atoms with van der Waals surface area (Å²) in [5.41, 5.74) is -1.31. The molecule has 0 saturated carbocycles. The molecule has 0 radical (unpaired) electrons. The van der Waals surface area contributed by atoms with Gasteiger partial charge in [-0.2, -0.15) is 0 Å². The molecule has 5 nitrogen and oxygen atoms in total. The maximum Gasteiger partial charge on any atom is 0.256 e. The minimum Gasteiger partial charge on any atom is -0.379 e. The van der Waals surface area contributed by atoms with E-state index < -0.39 is 23.1 Å². The molecule has 0 unspecified atom stereocenters. The van der Waals surface area contributed by atoms with Crippen LogP contribution in [0.1, 0.15) is 18.4 Å². The molecule has 2 aliphatic heterocycles. The lowest BCUT2D eigenvalue weighted by Crippen LogP contribution is -2.60. The van der Waals surface area contributed by atoms with Crippen LogP contribution in [0.5, 0.6) is 0 Å². The Bertz CT molecular complexity index is 607. The molecule has 2 heterocycles. The number of hydrogen-bond acceptors (Lipinski definition) is 4. The summed E-state index contributed by atoms with van der Waals surface area (Å²) in [7, 11) is 0. The fourth-order valence-electron chi connectivity index (χ4n) is 3.48. The normalized spacial score (nSPS) is 26.0. The van der Waals surface area contributed by atoms with Crippen LogP contribution in [0, 0.1) is 11.6 Å². The van der Waals surface area contributed by atoms with Crippen LogP contribution in [0.4, 0.5) is 8.78 Å². The number of amides is 1. The van der Waals surface area contributed by atoms with Crippen molar-refractivity contribution in [2.45, 2.75) is 25.0 Å². The number of nitrogens with zero attached hydrogens (tertiary/aromatic N) is 2. The van der Waals surface area contributed by atoms with E-state index in [1.807, 2.05) is 0 Å². The molecular formula is C17H23F2N3O2. The summed E-state index contributed by atoms with van der Waals surface area (Å²) in [5, 5.41) is 14.1. The van der Waals surface area contributed by atoms with Gasteiger partial charge in [0.05, 0.1) is 0 Å². The molecule has 24 heavy (non-hydrogen) atoms. The molecule has 0 bridgehead atoms. The number of likely N-dealkylation sites (tertiary alicyclic amines) is 1. The van der Waals surface area contributed by atoms with E-state index in [4.69, 9.17) is 0 Å². The van der Waals surface area contributed by atoms with Crippen molar-refractivity contribution in [1.82, 2.24) is 15.1 Å². The Morgan fingerprint density at radius 2 is 1.96 bits per heavy atom. The Morgan fingerprint density at radius 3 is 2.71 bits per heavy atom. The average Bonchev–Trinajstić information content (AvgIpc) is 2.57. The second-order valence-corrected chi connectivity index (χ2v) is 6.60. The van der Waals surface area contributed by atoms with Crippen molar-refractivity contribution < 1.29 is 18.7 Å². The smallest absolute Gasteiger partial charge is 0.256 e. The van der Waals surface area contributed by atoms with Crippen molar-refractivity contribution in [3.63, 3.8) is 0 Å². The first-order valence-corrected chi connectivity index (χ1v) is 8.37. The van der Waals surface area contributed by atoms with Gasteiger partial charge in [0.1, 0.15) is 0 Å². The van der Waals surface area contributed by atoms with Gasteiger partial charge in [-0.1, -0.05) is 12.1 Å². The Labute approximate surface area is 140 Å². The first-order valence-electron chi connectivity index (χ1n) is 8.37. The molecule has 1 amide bonds. The number of benzene rings is 1. The van der Waals surface area contributed by atoms with E-state index in [0.717, 1.165) is 32.2 Å². The van der Waals surface area contributed by atoms with Crippen LogP contribution < -0.4 is 5.32 Å². The van der Waals surface area contributed by atoms with E-state index in [-0.39, 0.29) is 18.7 Å². The SMILES string of the molecule is O=C1N(Cc2cccc(F)c2F)CCC[C@]1(O)CN1CCNCC1. The maximum absolute atomic E-state index is 13.9. The Kier molecular flexibility index (Phi) is 5.12. The number of carbonyl (C=O) groups excluding carboxylic acids is 1. The van der Waals surface area contributed by atoms with Crippen molar-refractivity contribution in [2.75, 3.05) is 39.3 Å². The highest BCUT2D eigenvalue weighted by molar-refractivity contribution is 5.86. The van der Waals surface area contributed by atoms with Crippen LogP contribution in [0.3, 0.4) is 0 Å². The Hall–Kier alpha value is -1.57. The molecule has 2 N–H and O–H groups in total. The predicted molar refractivity (Wildman–Crippen MR) is 85.3 cm³/mol. The number of halogens is 2. The first-order chi connectivity index (χ1) is 11.5. The van der Waals surface area contributed by atoms with Crippen molar-refractivity contribution in [1.29, 1.82) is 0 Å². The van der Waals surface area contributed by atoms with Gasteiger partial charge in [-0.15, -0.1) is 0 Å². The molecule has 0 aromatic heterocycles. The Morgan fingerprint density at radius 1 is 1.21 bits per heavy atom. The van der Waals surface area contributed by atoms with Crippen LogP contribution in [0.15, 0.2) is 18.2 Å². The Balaban J connectivity index is 1.70. The molecule has 1 aromatic rings. The highest BCUT2D eigenvalue weighted by Crippen LogP contribution is 2.26. The highest BCUT2D eigenvalue weighted by atomic mass is 19.2. The van der Waals surface area contributed by atoms with Crippen LogP contribution in [-0.2, 0) is 11.3 Å². The number of β-amino-alcohol motifs (C(OH)–C–C–N with tert-alkyl or cyclic N) is 1. The lowest BCUT2D eigenvalue weighted by Gasteiger charge is -2.41. The van der Waals surface area contributed by atoms with E-state index in [0.29, 0.717) is 19.4 Å². The lowest BCUT2D eigenvalue weighted by molar-refractivity contribution is -0.160. The topological polar surface area (TPSA) is 55.8 Å². The fraction of sp³-hybridized carbons (Fsp3) is 0.588. The molecule has 132 valence electrons. The van der Waals surface area contributed by atoms with Gasteiger partial charge in [0.25, 0.3) is 5.91 Å². The van der Waals surface area contributed by atoms with E-state index >= 15 is 0 Å². The highest BCUT2D eigenvalue weighted by Gasteiger charge is 2.43. The third-order valence-corrected chi connectivity index (χ3v) is 4.79. The summed E-state index contributed by atoms with van der Waals surface area (Å²) < 4.78 is 27.2. The van der Waals surface area contributed by atoms with Crippen LogP contribution in [-0.4, -0.2) is 65.7 Å². The van der Waals surface area contributed by atoms with Crippen LogP contribution in [0.25, 0.3) is 0 Å². The quantitative estimate of drug-likeness (QED) is 0.849. The van der Waals surface area contributed by atoms with Gasteiger partial charge in [-0.05, 0) is 18.9 Å². The fourth-order valence-corrected chi connectivity index (χ4v) is 3.48. The molecule has 3 rings (SSSR count). The van der Waals surface area contributed by atoms with Gasteiger partial charge >= 0.3 is 0 Å². The van der Waals surface area contributed by atoms with E-state index in [1.165, 1.54) is 17.0 Å². The van der Waals surface area contributed by atoms with Gasteiger partial charge in [0.15, 0.2) is 17.2 Å². The summed E-state index contributed by atoms with van der Waals surface area (Å²) in [6, 6.07) is 3.95. The van der Waals surface area contributed by atoms with Crippen molar-refractivity contribution in [3.05, 3.63) is 35.4 Å². The van der Waals surface area contributed by atoms with Crippen LogP contribution >= 0.6 is 0 Å². The number of nitrogens with one attached hydrogen (secondary N) is 1. The van der Waals surface area contributed by atoms with E-state index in [2.05, 4.69) is 10.2 Å². The number of hydrogen-bond donors (Lipinski definition) is 2. The number of rotatable bonds is 4. The summed E-state index contributed by atoms with van der Waals surface area (Å²) in [6.45, 7) is 3.95. The van der Waals surface area contributed by atoms with Gasteiger partial charge in [0, 0.05) is 51.4 Å². The molecule has 2 aliphatic rings. The van der Waals surface area contributed by atoms with Crippen molar-refractivity contribution in [3.8, 4) is 0 Å². The number of carbonyl (C=O) groups is 1.